The Morgan fingerprint density at radius 2 is 1.83 bits per heavy atom. The second-order valence-electron chi connectivity index (χ2n) is 7.67. The zero-order valence-electron chi connectivity index (χ0n) is 16.9. The van der Waals surface area contributed by atoms with Gasteiger partial charge in [0.15, 0.2) is 0 Å². The number of benzene rings is 2. The fourth-order valence-corrected chi connectivity index (χ4v) is 3.36. The number of hydrogen-bond donors (Lipinski definition) is 0. The van der Waals surface area contributed by atoms with Gasteiger partial charge in [-0.3, -0.25) is 4.79 Å². The van der Waals surface area contributed by atoms with E-state index >= 15 is 0 Å². The van der Waals surface area contributed by atoms with Crippen LogP contribution < -0.4 is 5.43 Å². The van der Waals surface area contributed by atoms with Crippen LogP contribution in [-0.2, 0) is 4.74 Å². The van der Waals surface area contributed by atoms with Gasteiger partial charge >= 0.3 is 5.97 Å². The molecule has 3 aromatic rings. The second-order valence-corrected chi connectivity index (χ2v) is 12.4. The van der Waals surface area contributed by atoms with Crippen LogP contribution >= 0.6 is 0 Å². The summed E-state index contributed by atoms with van der Waals surface area (Å²) in [6.45, 7) is 8.26. The van der Waals surface area contributed by atoms with Crippen LogP contribution in [0, 0.1) is 17.3 Å². The number of carbonyl (C=O) groups excluding carboxylic acids is 1. The number of esters is 1. The lowest BCUT2D eigenvalue weighted by atomic mass is 10.1. The topological polar surface area (TPSA) is 48.3 Å². The highest BCUT2D eigenvalue weighted by Crippen LogP contribution is 2.20. The smallest absolute Gasteiger partial charge is 0.343 e. The molecule has 1 aromatic heterocycles. The Kier molecular flexibility index (Phi) is 5.71. The number of aromatic nitrogens is 1. The maximum Gasteiger partial charge on any atom is 0.343 e. The van der Waals surface area contributed by atoms with E-state index in [1.165, 1.54) is 18.3 Å². The highest BCUT2D eigenvalue weighted by molar-refractivity contribution is 6.83. The average molecular weight is 408 g/mol. The highest BCUT2D eigenvalue weighted by Gasteiger charge is 2.17. The number of hydrogen-bond acceptors (Lipinski definition) is 3. The molecule has 1 heterocycles. The molecule has 0 radical (unpaired) electrons. The first-order chi connectivity index (χ1) is 13.7. The lowest BCUT2D eigenvalue weighted by Crippen LogP contribution is -2.20. The Bertz CT molecular complexity index is 1200. The summed E-state index contributed by atoms with van der Waals surface area (Å²) >= 11 is 0. The van der Waals surface area contributed by atoms with Crippen LogP contribution in [0.1, 0.15) is 22.8 Å². The molecule has 0 aliphatic rings. The van der Waals surface area contributed by atoms with Crippen molar-refractivity contribution in [3.05, 3.63) is 75.8 Å². The minimum Gasteiger partial charge on any atom is -0.462 e. The van der Waals surface area contributed by atoms with E-state index in [-0.39, 0.29) is 18.0 Å². The molecular weight excluding hydrogens is 385 g/mol. The molecule has 6 heteroatoms. The van der Waals surface area contributed by atoms with Crippen LogP contribution in [0.15, 0.2) is 53.5 Å². The molecule has 3 rings (SSSR count). The zero-order valence-corrected chi connectivity index (χ0v) is 17.9. The largest absolute Gasteiger partial charge is 0.462 e. The van der Waals surface area contributed by atoms with Crippen LogP contribution in [0.3, 0.4) is 0 Å². The first-order valence-electron chi connectivity index (χ1n) is 9.35. The van der Waals surface area contributed by atoms with Gasteiger partial charge in [0.05, 0.1) is 12.1 Å². The first kappa shape index (κ1) is 20.6. The van der Waals surface area contributed by atoms with Crippen molar-refractivity contribution < 1.29 is 13.9 Å². The Hall–Kier alpha value is -3.17. The van der Waals surface area contributed by atoms with E-state index in [0.717, 1.165) is 0 Å². The summed E-state index contributed by atoms with van der Waals surface area (Å²) in [6, 6.07) is 11.2. The van der Waals surface area contributed by atoms with Crippen LogP contribution in [0.2, 0.25) is 19.6 Å². The predicted molar refractivity (Wildman–Crippen MR) is 116 cm³/mol. The summed E-state index contributed by atoms with van der Waals surface area (Å²) < 4.78 is 20.1. The minimum absolute atomic E-state index is 0.0704. The molecule has 29 heavy (non-hydrogen) atoms. The maximum absolute atomic E-state index is 13.4. The molecule has 0 saturated heterocycles. The van der Waals surface area contributed by atoms with Crippen LogP contribution in [-0.4, -0.2) is 25.2 Å². The first-order valence-corrected chi connectivity index (χ1v) is 12.9. The van der Waals surface area contributed by atoms with E-state index < -0.39 is 19.5 Å². The van der Waals surface area contributed by atoms with Crippen molar-refractivity contribution in [3.63, 3.8) is 0 Å². The number of ether oxygens (including phenoxy) is 1. The van der Waals surface area contributed by atoms with Gasteiger partial charge in [-0.25, -0.2) is 9.18 Å². The number of nitrogens with zero attached hydrogens (tertiary/aromatic N) is 1. The van der Waals surface area contributed by atoms with Crippen molar-refractivity contribution in [3.8, 4) is 17.2 Å². The third-order valence-corrected chi connectivity index (χ3v) is 5.06. The van der Waals surface area contributed by atoms with Gasteiger partial charge in [0, 0.05) is 22.8 Å². The minimum atomic E-state index is -1.58. The highest BCUT2D eigenvalue weighted by atomic mass is 28.3. The molecule has 0 fully saturated rings. The van der Waals surface area contributed by atoms with E-state index in [0.29, 0.717) is 22.2 Å². The normalized spacial score (nSPS) is 11.1. The molecule has 0 aliphatic carbocycles. The van der Waals surface area contributed by atoms with Gasteiger partial charge in [0.25, 0.3) is 0 Å². The van der Waals surface area contributed by atoms with Gasteiger partial charge in [0.1, 0.15) is 19.5 Å². The maximum atomic E-state index is 13.4. The van der Waals surface area contributed by atoms with Crippen molar-refractivity contribution in [1.29, 1.82) is 0 Å². The number of fused-ring (bicyclic) bond motifs is 1. The lowest BCUT2D eigenvalue weighted by Gasteiger charge is -2.14. The van der Waals surface area contributed by atoms with Crippen molar-refractivity contribution in [2.75, 3.05) is 6.61 Å². The molecule has 0 amide bonds. The fourth-order valence-electron chi connectivity index (χ4n) is 2.84. The summed E-state index contributed by atoms with van der Waals surface area (Å²) in [5.41, 5.74) is 4.74. The molecule has 0 N–H and O–H groups in total. The Morgan fingerprint density at radius 1 is 1.14 bits per heavy atom. The van der Waals surface area contributed by atoms with Crippen LogP contribution in [0.4, 0.5) is 4.39 Å². The second kappa shape index (κ2) is 8.06. The summed E-state index contributed by atoms with van der Waals surface area (Å²) in [5.74, 6) is 2.09. The Labute approximate surface area is 170 Å². The van der Waals surface area contributed by atoms with Gasteiger partial charge in [0.2, 0.25) is 5.43 Å². The summed E-state index contributed by atoms with van der Waals surface area (Å²) in [4.78, 5) is 25.4. The molecule has 0 bridgehead atoms. The number of rotatable bonds is 3. The molecule has 2 aromatic carbocycles. The quantitative estimate of drug-likeness (QED) is 0.364. The third kappa shape index (κ3) is 4.64. The molecular formula is C23H22FNO3Si. The van der Waals surface area contributed by atoms with E-state index in [2.05, 4.69) is 31.1 Å². The van der Waals surface area contributed by atoms with Gasteiger partial charge < -0.3 is 9.30 Å². The molecule has 4 nitrogen and oxygen atoms in total. The van der Waals surface area contributed by atoms with Crippen molar-refractivity contribution in [2.45, 2.75) is 26.6 Å². The zero-order chi connectivity index (χ0) is 21.2. The Morgan fingerprint density at radius 3 is 2.45 bits per heavy atom. The van der Waals surface area contributed by atoms with Crippen molar-refractivity contribution in [1.82, 2.24) is 4.57 Å². The van der Waals surface area contributed by atoms with Crippen LogP contribution in [0.5, 0.6) is 0 Å². The molecule has 0 saturated carbocycles. The molecule has 148 valence electrons. The van der Waals surface area contributed by atoms with Gasteiger partial charge in [-0.2, -0.15) is 0 Å². The standard InChI is InChI=1S/C23H22FNO3Si/c1-5-28-23(27)20-15-25(18-9-7-17(24)8-10-18)21-11-6-16(12-13-29(2,3)4)14-19(21)22(20)26/h6-11,14-15H,5H2,1-4H3. The van der Waals surface area contributed by atoms with Gasteiger partial charge in [-0.05, 0) is 49.4 Å². The Balaban J connectivity index is 2.30. The predicted octanol–water partition coefficient (Wildman–Crippen LogP) is 4.54. The van der Waals surface area contributed by atoms with E-state index in [4.69, 9.17) is 4.74 Å². The number of halogens is 1. The SMILES string of the molecule is CCOC(=O)c1cn(-c2ccc(F)cc2)c2ccc(C#C[Si](C)(C)C)cc2c1=O. The summed E-state index contributed by atoms with van der Waals surface area (Å²) in [6.07, 6.45) is 1.45. The van der Waals surface area contributed by atoms with Gasteiger partial charge in [-0.1, -0.05) is 25.6 Å². The van der Waals surface area contributed by atoms with E-state index in [9.17, 15) is 14.0 Å². The monoisotopic (exact) mass is 407 g/mol. The van der Waals surface area contributed by atoms with Crippen molar-refractivity contribution >= 4 is 24.9 Å². The molecule has 0 atom stereocenters. The van der Waals surface area contributed by atoms with Gasteiger partial charge in [-0.15, -0.1) is 5.54 Å². The van der Waals surface area contributed by atoms with E-state index in [1.807, 2.05) is 6.07 Å². The third-order valence-electron chi connectivity index (χ3n) is 4.19. The molecule has 0 aliphatic heterocycles. The average Bonchev–Trinajstić information content (AvgIpc) is 2.67. The number of carbonyl (C=O) groups is 1. The van der Waals surface area contributed by atoms with E-state index in [1.54, 1.807) is 35.8 Å². The van der Waals surface area contributed by atoms with Crippen molar-refractivity contribution in [2.24, 2.45) is 0 Å². The number of pyridine rings is 1. The fraction of sp³-hybridized carbons (Fsp3) is 0.217. The molecule has 0 spiro atoms. The molecule has 0 unspecified atom stereocenters. The van der Waals surface area contributed by atoms with Crippen LogP contribution in [0.25, 0.3) is 16.6 Å². The summed E-state index contributed by atoms with van der Waals surface area (Å²) in [5, 5.41) is 0.363. The summed E-state index contributed by atoms with van der Waals surface area (Å²) in [7, 11) is -1.58. The lowest BCUT2D eigenvalue weighted by molar-refractivity contribution is 0.0524.